The molecule has 18 heavy (non-hydrogen) atoms. The summed E-state index contributed by atoms with van der Waals surface area (Å²) in [6, 6.07) is 15.5. The molecule has 0 amide bonds. The van der Waals surface area contributed by atoms with Crippen molar-refractivity contribution in [3.63, 3.8) is 0 Å². The highest BCUT2D eigenvalue weighted by atomic mass is 14.9. The first-order valence-electron chi connectivity index (χ1n) is 6.72. The summed E-state index contributed by atoms with van der Waals surface area (Å²) in [4.78, 5) is 0. The molecule has 0 heterocycles. The number of benzene rings is 2. The first kappa shape index (κ1) is 11.3. The van der Waals surface area contributed by atoms with E-state index < -0.39 is 0 Å². The van der Waals surface area contributed by atoms with Crippen molar-refractivity contribution < 1.29 is 0 Å². The molecule has 2 aromatic carbocycles. The Hall–Kier alpha value is -1.76. The molecule has 0 radical (unpaired) electrons. The van der Waals surface area contributed by atoms with E-state index in [2.05, 4.69) is 54.7 Å². The Bertz CT molecular complexity index is 557. The summed E-state index contributed by atoms with van der Waals surface area (Å²) in [5.41, 5.74) is 6.98. The van der Waals surface area contributed by atoms with Crippen molar-refractivity contribution in [2.75, 3.05) is 5.32 Å². The van der Waals surface area contributed by atoms with Crippen LogP contribution in [0.15, 0.2) is 42.5 Å². The van der Waals surface area contributed by atoms with Gasteiger partial charge in [-0.15, -0.1) is 0 Å². The van der Waals surface area contributed by atoms with E-state index >= 15 is 0 Å². The number of fused-ring (bicyclic) bond motifs is 1. The predicted molar refractivity (Wildman–Crippen MR) is 77.0 cm³/mol. The molecule has 1 nitrogen and oxygen atoms in total. The Labute approximate surface area is 109 Å². The third kappa shape index (κ3) is 2.40. The van der Waals surface area contributed by atoms with Crippen LogP contribution in [0.5, 0.6) is 0 Å². The maximum Gasteiger partial charge on any atom is 0.0400 e. The lowest BCUT2D eigenvalue weighted by Gasteiger charge is -2.09. The maximum absolute atomic E-state index is 3.52. The van der Waals surface area contributed by atoms with Crippen LogP contribution >= 0.6 is 0 Å². The second-order valence-electron chi connectivity index (χ2n) is 5.18. The van der Waals surface area contributed by atoms with Crippen LogP contribution in [-0.2, 0) is 19.4 Å². The van der Waals surface area contributed by atoms with Crippen molar-refractivity contribution in [2.45, 2.75) is 32.7 Å². The Morgan fingerprint density at radius 3 is 2.78 bits per heavy atom. The highest BCUT2D eigenvalue weighted by Crippen LogP contribution is 2.25. The van der Waals surface area contributed by atoms with Gasteiger partial charge >= 0.3 is 0 Å². The molecule has 92 valence electrons. The smallest absolute Gasteiger partial charge is 0.0400 e. The van der Waals surface area contributed by atoms with E-state index in [1.165, 1.54) is 47.2 Å². The van der Waals surface area contributed by atoms with Crippen molar-refractivity contribution in [3.05, 3.63) is 64.7 Å². The van der Waals surface area contributed by atoms with E-state index in [9.17, 15) is 0 Å². The molecular formula is C17H19N. The molecular weight excluding hydrogens is 218 g/mol. The minimum Gasteiger partial charge on any atom is -0.381 e. The van der Waals surface area contributed by atoms with Crippen molar-refractivity contribution in [3.8, 4) is 0 Å². The van der Waals surface area contributed by atoms with Crippen LogP contribution in [0.3, 0.4) is 0 Å². The van der Waals surface area contributed by atoms with Gasteiger partial charge in [0, 0.05) is 12.2 Å². The topological polar surface area (TPSA) is 12.0 Å². The number of anilines is 1. The third-order valence-electron chi connectivity index (χ3n) is 3.68. The van der Waals surface area contributed by atoms with Gasteiger partial charge in [-0.1, -0.05) is 35.9 Å². The fourth-order valence-electron chi connectivity index (χ4n) is 2.71. The quantitative estimate of drug-likeness (QED) is 0.847. The number of nitrogens with one attached hydrogen (secondary N) is 1. The molecule has 0 saturated carbocycles. The SMILES string of the molecule is Cc1cccc(CNc2ccc3c(c2)CCC3)c1. The standard InChI is InChI=1S/C17H19N/c1-13-4-2-5-14(10-13)12-18-17-9-8-15-6-3-7-16(15)11-17/h2,4-5,8-11,18H,3,6-7,12H2,1H3. The molecule has 0 atom stereocenters. The molecule has 3 rings (SSSR count). The van der Waals surface area contributed by atoms with Gasteiger partial charge in [0.2, 0.25) is 0 Å². The summed E-state index contributed by atoms with van der Waals surface area (Å²) in [6.07, 6.45) is 3.82. The largest absolute Gasteiger partial charge is 0.381 e. The van der Waals surface area contributed by atoms with Gasteiger partial charge in [-0.25, -0.2) is 0 Å². The van der Waals surface area contributed by atoms with Gasteiger partial charge in [0.15, 0.2) is 0 Å². The summed E-state index contributed by atoms with van der Waals surface area (Å²) in [5, 5.41) is 3.52. The summed E-state index contributed by atoms with van der Waals surface area (Å²) in [7, 11) is 0. The van der Waals surface area contributed by atoms with E-state index in [1.807, 2.05) is 0 Å². The number of hydrogen-bond donors (Lipinski definition) is 1. The lowest BCUT2D eigenvalue weighted by molar-refractivity contribution is 0.912. The fourth-order valence-corrected chi connectivity index (χ4v) is 2.71. The summed E-state index contributed by atoms with van der Waals surface area (Å²) >= 11 is 0. The zero-order valence-electron chi connectivity index (χ0n) is 10.9. The Morgan fingerprint density at radius 2 is 1.89 bits per heavy atom. The first-order chi connectivity index (χ1) is 8.81. The van der Waals surface area contributed by atoms with Crippen LogP contribution in [0, 0.1) is 6.92 Å². The summed E-state index contributed by atoms with van der Waals surface area (Å²) in [6.45, 7) is 3.04. The molecule has 0 aromatic heterocycles. The van der Waals surface area contributed by atoms with Crippen molar-refractivity contribution in [1.29, 1.82) is 0 Å². The molecule has 0 spiro atoms. The molecule has 1 N–H and O–H groups in total. The number of rotatable bonds is 3. The molecule has 0 bridgehead atoms. The van der Waals surface area contributed by atoms with Crippen LogP contribution in [0.1, 0.15) is 28.7 Å². The van der Waals surface area contributed by atoms with E-state index in [1.54, 1.807) is 0 Å². The zero-order valence-corrected chi connectivity index (χ0v) is 10.9. The Kier molecular flexibility index (Phi) is 3.06. The van der Waals surface area contributed by atoms with Gasteiger partial charge in [0.1, 0.15) is 0 Å². The van der Waals surface area contributed by atoms with Gasteiger partial charge in [-0.05, 0) is 55.0 Å². The number of hydrogen-bond acceptors (Lipinski definition) is 1. The van der Waals surface area contributed by atoms with Gasteiger partial charge in [0.05, 0.1) is 0 Å². The van der Waals surface area contributed by atoms with Gasteiger partial charge < -0.3 is 5.32 Å². The molecule has 0 unspecified atom stereocenters. The average Bonchev–Trinajstić information content (AvgIpc) is 2.84. The summed E-state index contributed by atoms with van der Waals surface area (Å²) in [5.74, 6) is 0. The molecule has 2 aromatic rings. The van der Waals surface area contributed by atoms with Crippen LogP contribution in [-0.4, -0.2) is 0 Å². The monoisotopic (exact) mass is 237 g/mol. The van der Waals surface area contributed by atoms with Crippen LogP contribution in [0.4, 0.5) is 5.69 Å². The zero-order chi connectivity index (χ0) is 12.4. The molecule has 1 aliphatic rings. The first-order valence-corrected chi connectivity index (χ1v) is 6.72. The second kappa shape index (κ2) is 4.85. The molecule has 1 aliphatic carbocycles. The Balaban J connectivity index is 1.70. The minimum atomic E-state index is 0.903. The molecule has 1 heteroatoms. The van der Waals surface area contributed by atoms with Crippen molar-refractivity contribution in [2.24, 2.45) is 0 Å². The lowest BCUT2D eigenvalue weighted by Crippen LogP contribution is -2.00. The molecule has 0 aliphatic heterocycles. The predicted octanol–water partition coefficient (Wildman–Crippen LogP) is 4.10. The van der Waals surface area contributed by atoms with Crippen LogP contribution in [0.25, 0.3) is 0 Å². The van der Waals surface area contributed by atoms with E-state index in [0.717, 1.165) is 6.54 Å². The molecule has 0 saturated heterocycles. The van der Waals surface area contributed by atoms with Crippen molar-refractivity contribution >= 4 is 5.69 Å². The average molecular weight is 237 g/mol. The van der Waals surface area contributed by atoms with Gasteiger partial charge in [-0.3, -0.25) is 0 Å². The van der Waals surface area contributed by atoms with Gasteiger partial charge in [-0.2, -0.15) is 0 Å². The van der Waals surface area contributed by atoms with Crippen LogP contribution < -0.4 is 5.32 Å². The molecule has 0 fully saturated rings. The van der Waals surface area contributed by atoms with E-state index in [4.69, 9.17) is 0 Å². The normalized spacial score (nSPS) is 13.4. The van der Waals surface area contributed by atoms with E-state index in [0.29, 0.717) is 0 Å². The second-order valence-corrected chi connectivity index (χ2v) is 5.18. The number of aryl methyl sites for hydroxylation is 3. The van der Waals surface area contributed by atoms with Crippen LogP contribution in [0.2, 0.25) is 0 Å². The highest BCUT2D eigenvalue weighted by Gasteiger charge is 2.10. The van der Waals surface area contributed by atoms with Crippen molar-refractivity contribution in [1.82, 2.24) is 0 Å². The Morgan fingerprint density at radius 1 is 1.00 bits per heavy atom. The highest BCUT2D eigenvalue weighted by molar-refractivity contribution is 5.50. The minimum absolute atomic E-state index is 0.903. The maximum atomic E-state index is 3.52. The van der Waals surface area contributed by atoms with Gasteiger partial charge in [0.25, 0.3) is 0 Å². The third-order valence-corrected chi connectivity index (χ3v) is 3.68. The summed E-state index contributed by atoms with van der Waals surface area (Å²) < 4.78 is 0. The fraction of sp³-hybridized carbons (Fsp3) is 0.294. The lowest BCUT2D eigenvalue weighted by atomic mass is 10.1. The van der Waals surface area contributed by atoms with E-state index in [-0.39, 0.29) is 0 Å².